The van der Waals surface area contributed by atoms with Gasteiger partial charge in [0.15, 0.2) is 6.29 Å². The lowest BCUT2D eigenvalue weighted by Gasteiger charge is -2.21. The molecule has 8 nitrogen and oxygen atoms in total. The lowest BCUT2D eigenvalue weighted by Crippen LogP contribution is -2.30. The van der Waals surface area contributed by atoms with Crippen molar-refractivity contribution in [3.8, 4) is 0 Å². The Hall–Kier alpha value is -1.74. The van der Waals surface area contributed by atoms with Gasteiger partial charge in [-0.05, 0) is 64.3 Å². The summed E-state index contributed by atoms with van der Waals surface area (Å²) >= 11 is 0. The molecule has 0 amide bonds. The monoisotopic (exact) mass is 710 g/mol. The van der Waals surface area contributed by atoms with Crippen LogP contribution in [0.1, 0.15) is 175 Å². The number of carbonyl (C=O) groups excluding carboxylic acids is 2. The van der Waals surface area contributed by atoms with E-state index in [2.05, 4.69) is 50.0 Å². The second-order valence-electron chi connectivity index (χ2n) is 13.5. The van der Waals surface area contributed by atoms with Gasteiger partial charge in [0.25, 0.3) is 0 Å². The van der Waals surface area contributed by atoms with Crippen molar-refractivity contribution in [1.82, 2.24) is 4.90 Å². The molecule has 0 spiro atoms. The topological polar surface area (TPSA) is 94.5 Å². The molecule has 0 aliphatic carbocycles. The highest BCUT2D eigenvalue weighted by molar-refractivity contribution is 5.70. The molecule has 0 radical (unpaired) electrons. The third kappa shape index (κ3) is 36.1. The molecule has 0 bridgehead atoms. The van der Waals surface area contributed by atoms with Crippen molar-refractivity contribution in [2.75, 3.05) is 52.7 Å². The normalized spacial score (nSPS) is 11.9. The molecule has 294 valence electrons. The van der Waals surface area contributed by atoms with E-state index < -0.39 is 6.29 Å². The van der Waals surface area contributed by atoms with Crippen molar-refractivity contribution in [1.29, 1.82) is 0 Å². The second-order valence-corrected chi connectivity index (χ2v) is 13.5. The van der Waals surface area contributed by atoms with Gasteiger partial charge in [-0.3, -0.25) is 9.59 Å². The maximum atomic E-state index is 12.4. The minimum atomic E-state index is -0.396. The molecule has 0 heterocycles. The lowest BCUT2D eigenvalue weighted by molar-refractivity contribution is -0.161. The highest BCUT2D eigenvalue weighted by Gasteiger charge is 2.14. The van der Waals surface area contributed by atoms with Crippen LogP contribution in [-0.2, 0) is 28.5 Å². The Morgan fingerprint density at radius 1 is 0.540 bits per heavy atom. The SMILES string of the molecule is CCCCC/C=C\C/C=C\CCCCCCCCN(CCCO)CCC(=O)OCCOC(=O)CCC(OCCCCCC)OCCCCCC. The first-order valence-corrected chi connectivity index (χ1v) is 20.7. The van der Waals surface area contributed by atoms with Gasteiger partial charge in [-0.15, -0.1) is 0 Å². The quantitative estimate of drug-likeness (QED) is 0.0292. The number of esters is 2. The first-order chi connectivity index (χ1) is 24.6. The fraction of sp³-hybridized carbons (Fsp3) is 0.857. The molecule has 1 N–H and O–H groups in total. The minimum absolute atomic E-state index is 0.0477. The molecule has 8 heteroatoms. The van der Waals surface area contributed by atoms with E-state index in [0.717, 1.165) is 51.6 Å². The number of aliphatic hydroxyl groups excluding tert-OH is 1. The standard InChI is InChI=1S/C42H79NO7/c1-4-7-10-13-14-15-16-17-18-19-20-21-22-23-24-25-32-43(33-28-35-44)34-31-41(46)48-39-38-47-40(45)29-30-42(49-36-26-11-8-5-2)50-37-27-12-9-6-3/h14-15,17-18,42,44H,4-13,16,19-39H2,1-3H3/b15-14-,18-17-. The van der Waals surface area contributed by atoms with Crippen molar-refractivity contribution in [2.45, 2.75) is 181 Å². The molecule has 0 fully saturated rings. The van der Waals surface area contributed by atoms with Crippen LogP contribution < -0.4 is 0 Å². The number of carbonyl (C=O) groups is 2. The molecule has 0 saturated carbocycles. The summed E-state index contributed by atoms with van der Waals surface area (Å²) in [6, 6.07) is 0. The number of aliphatic hydroxyl groups is 1. The average molecular weight is 710 g/mol. The van der Waals surface area contributed by atoms with Crippen LogP contribution in [0.2, 0.25) is 0 Å². The molecule has 50 heavy (non-hydrogen) atoms. The van der Waals surface area contributed by atoms with Gasteiger partial charge < -0.3 is 29.0 Å². The van der Waals surface area contributed by atoms with Crippen molar-refractivity contribution >= 4 is 11.9 Å². The number of unbranched alkanes of at least 4 members (excludes halogenated alkanes) is 15. The number of ether oxygens (including phenoxy) is 4. The number of hydrogen-bond acceptors (Lipinski definition) is 8. The molecule has 0 aliphatic heterocycles. The van der Waals surface area contributed by atoms with Crippen LogP contribution in [0, 0.1) is 0 Å². The third-order valence-electron chi connectivity index (χ3n) is 8.74. The minimum Gasteiger partial charge on any atom is -0.462 e. The Morgan fingerprint density at radius 3 is 1.60 bits per heavy atom. The van der Waals surface area contributed by atoms with E-state index in [4.69, 9.17) is 18.9 Å². The zero-order valence-corrected chi connectivity index (χ0v) is 32.9. The van der Waals surface area contributed by atoms with Crippen molar-refractivity contribution in [2.24, 2.45) is 0 Å². The van der Waals surface area contributed by atoms with Gasteiger partial charge in [0.05, 0.1) is 12.8 Å². The van der Waals surface area contributed by atoms with E-state index in [9.17, 15) is 14.7 Å². The summed E-state index contributed by atoms with van der Waals surface area (Å²) in [7, 11) is 0. The van der Waals surface area contributed by atoms with E-state index in [1.807, 2.05) is 0 Å². The predicted molar refractivity (Wildman–Crippen MR) is 207 cm³/mol. The van der Waals surface area contributed by atoms with Crippen LogP contribution in [0.25, 0.3) is 0 Å². The number of allylic oxidation sites excluding steroid dienone is 4. The summed E-state index contributed by atoms with van der Waals surface area (Å²) in [6.45, 7) is 10.4. The zero-order valence-electron chi connectivity index (χ0n) is 32.9. The largest absolute Gasteiger partial charge is 0.462 e. The van der Waals surface area contributed by atoms with Crippen molar-refractivity contribution < 1.29 is 33.6 Å². The lowest BCUT2D eigenvalue weighted by atomic mass is 10.1. The smallest absolute Gasteiger partial charge is 0.307 e. The third-order valence-corrected chi connectivity index (χ3v) is 8.74. The second kappa shape index (κ2) is 40.0. The van der Waals surface area contributed by atoms with E-state index in [1.165, 1.54) is 89.9 Å². The van der Waals surface area contributed by atoms with Gasteiger partial charge in [0.1, 0.15) is 13.2 Å². The van der Waals surface area contributed by atoms with E-state index in [1.54, 1.807) is 0 Å². The summed E-state index contributed by atoms with van der Waals surface area (Å²) in [5, 5.41) is 9.31. The number of rotatable bonds is 39. The number of hydrogen-bond donors (Lipinski definition) is 1. The fourth-order valence-electron chi connectivity index (χ4n) is 5.60. The highest BCUT2D eigenvalue weighted by Crippen LogP contribution is 2.12. The Kier molecular flexibility index (Phi) is 38.6. The Morgan fingerprint density at radius 2 is 1.02 bits per heavy atom. The molecule has 0 aliphatic rings. The Balaban J connectivity index is 4.07. The summed E-state index contributed by atoms with van der Waals surface area (Å²) in [5.41, 5.74) is 0. The van der Waals surface area contributed by atoms with Gasteiger partial charge >= 0.3 is 11.9 Å². The molecule has 0 unspecified atom stereocenters. The molecule has 0 aromatic rings. The first-order valence-electron chi connectivity index (χ1n) is 20.7. The Labute approximate surface area is 308 Å². The molecule has 0 rings (SSSR count). The van der Waals surface area contributed by atoms with E-state index in [-0.39, 0.29) is 44.6 Å². The maximum Gasteiger partial charge on any atom is 0.307 e. The molecular formula is C42H79NO7. The molecule has 0 aromatic carbocycles. The summed E-state index contributed by atoms with van der Waals surface area (Å²) in [6.07, 6.45) is 34.1. The molecule has 0 atom stereocenters. The van der Waals surface area contributed by atoms with Gasteiger partial charge in [-0.2, -0.15) is 0 Å². The molecular weight excluding hydrogens is 630 g/mol. The van der Waals surface area contributed by atoms with Gasteiger partial charge in [0.2, 0.25) is 0 Å². The fourth-order valence-corrected chi connectivity index (χ4v) is 5.60. The summed E-state index contributed by atoms with van der Waals surface area (Å²) in [4.78, 5) is 26.9. The van der Waals surface area contributed by atoms with Crippen molar-refractivity contribution in [3.05, 3.63) is 24.3 Å². The van der Waals surface area contributed by atoms with Crippen LogP contribution in [-0.4, -0.2) is 80.9 Å². The van der Waals surface area contributed by atoms with Gasteiger partial charge in [0, 0.05) is 39.3 Å². The van der Waals surface area contributed by atoms with E-state index >= 15 is 0 Å². The first kappa shape index (κ1) is 48.3. The predicted octanol–water partition coefficient (Wildman–Crippen LogP) is 10.3. The molecule has 0 aromatic heterocycles. The van der Waals surface area contributed by atoms with Crippen LogP contribution in [0.15, 0.2) is 24.3 Å². The average Bonchev–Trinajstić information content (AvgIpc) is 3.12. The van der Waals surface area contributed by atoms with Crippen molar-refractivity contribution in [3.63, 3.8) is 0 Å². The zero-order chi connectivity index (χ0) is 36.6. The van der Waals surface area contributed by atoms with Gasteiger partial charge in [-0.25, -0.2) is 0 Å². The highest BCUT2D eigenvalue weighted by atomic mass is 16.7. The van der Waals surface area contributed by atoms with Crippen LogP contribution in [0.4, 0.5) is 0 Å². The van der Waals surface area contributed by atoms with Gasteiger partial charge in [-0.1, -0.05) is 122 Å². The van der Waals surface area contributed by atoms with Crippen LogP contribution in [0.3, 0.4) is 0 Å². The number of nitrogens with zero attached hydrogens (tertiary/aromatic N) is 1. The molecule has 0 saturated heterocycles. The van der Waals surface area contributed by atoms with Crippen LogP contribution in [0.5, 0.6) is 0 Å². The summed E-state index contributed by atoms with van der Waals surface area (Å²) < 4.78 is 22.5. The maximum absolute atomic E-state index is 12.4. The van der Waals surface area contributed by atoms with E-state index in [0.29, 0.717) is 32.6 Å². The Bertz CT molecular complexity index is 774. The summed E-state index contributed by atoms with van der Waals surface area (Å²) in [5.74, 6) is -0.626. The van der Waals surface area contributed by atoms with Crippen LogP contribution >= 0.6 is 0 Å².